The zero-order valence-electron chi connectivity index (χ0n) is 17.8. The summed E-state index contributed by atoms with van der Waals surface area (Å²) in [7, 11) is -8.08. The summed E-state index contributed by atoms with van der Waals surface area (Å²) in [5.41, 5.74) is 0.966. The summed E-state index contributed by atoms with van der Waals surface area (Å²) in [6, 6.07) is 10.6. The van der Waals surface area contributed by atoms with Gasteiger partial charge >= 0.3 is 5.97 Å². The third-order valence-corrected chi connectivity index (χ3v) is 6.83. The molecule has 2 N–H and O–H groups in total. The van der Waals surface area contributed by atoms with Crippen molar-refractivity contribution in [2.45, 2.75) is 24.3 Å². The van der Waals surface area contributed by atoms with Gasteiger partial charge in [0.15, 0.2) is 0 Å². The number of benzene rings is 2. The number of sulfonamides is 1. The Hall–Kier alpha value is -2.07. The number of halogens is 1. The Bertz CT molecular complexity index is 1180. The van der Waals surface area contributed by atoms with E-state index in [1.165, 1.54) is 24.3 Å². The van der Waals surface area contributed by atoms with Gasteiger partial charge in [-0.05, 0) is 71.5 Å². The maximum absolute atomic E-state index is 12.8. The van der Waals surface area contributed by atoms with Crippen molar-refractivity contribution in [1.29, 1.82) is 0 Å². The van der Waals surface area contributed by atoms with E-state index in [1.54, 1.807) is 31.2 Å². The number of nitrogens with one attached hydrogen (secondary N) is 2. The van der Waals surface area contributed by atoms with Crippen molar-refractivity contribution < 1.29 is 35.3 Å². The quantitative estimate of drug-likeness (QED) is 0.222. The Morgan fingerprint density at radius 1 is 1.00 bits per heavy atom. The lowest BCUT2D eigenvalue weighted by Gasteiger charge is -2.18. The lowest BCUT2D eigenvalue weighted by molar-refractivity contribution is -0.142. The lowest BCUT2D eigenvalue weighted by Crippen LogP contribution is -2.47. The maximum atomic E-state index is 12.8. The third-order valence-electron chi connectivity index (χ3n) is 4.06. The van der Waals surface area contributed by atoms with Crippen LogP contribution in [-0.4, -0.2) is 54.2 Å². The molecule has 0 aliphatic carbocycles. The molecule has 0 spiro atoms. The second-order valence-electron chi connectivity index (χ2n) is 6.78. The molecule has 0 saturated carbocycles. The fourth-order valence-corrected chi connectivity index (χ4v) is 4.46. The van der Waals surface area contributed by atoms with Crippen LogP contribution in [-0.2, 0) is 45.1 Å². The molecule has 2 aromatic carbocycles. The van der Waals surface area contributed by atoms with E-state index in [-0.39, 0.29) is 17.9 Å². The van der Waals surface area contributed by atoms with Gasteiger partial charge in [-0.3, -0.25) is 13.8 Å². The standard InChI is InChI=1S/C20H23IN2O8S2/c1-3-30-19(24)12-14-4-8-16(9-5-14)22-20(25)18(13-31-32(2,26)27)23-33(28,29)17-10-6-15(21)7-11-17/h4-11,18,23H,3,12-13H2,1-2H3,(H,22,25)/t18-/m0/s1. The molecule has 0 bridgehead atoms. The molecule has 1 atom stereocenters. The van der Waals surface area contributed by atoms with E-state index < -0.39 is 44.7 Å². The fourth-order valence-electron chi connectivity index (χ4n) is 2.54. The first-order chi connectivity index (χ1) is 15.4. The van der Waals surface area contributed by atoms with E-state index in [0.717, 1.165) is 9.83 Å². The minimum Gasteiger partial charge on any atom is -0.466 e. The molecule has 1 amide bonds. The molecule has 10 nitrogen and oxygen atoms in total. The normalized spacial score (nSPS) is 12.7. The topological polar surface area (TPSA) is 145 Å². The van der Waals surface area contributed by atoms with Crippen LogP contribution >= 0.6 is 22.6 Å². The highest BCUT2D eigenvalue weighted by atomic mass is 127. The predicted molar refractivity (Wildman–Crippen MR) is 129 cm³/mol. The molecule has 0 unspecified atom stereocenters. The Kier molecular flexibility index (Phi) is 9.78. The molecule has 0 radical (unpaired) electrons. The van der Waals surface area contributed by atoms with Gasteiger partial charge < -0.3 is 10.1 Å². The second kappa shape index (κ2) is 11.9. The predicted octanol–water partition coefficient (Wildman–Crippen LogP) is 1.66. The summed E-state index contributed by atoms with van der Waals surface area (Å²) >= 11 is 2.02. The zero-order chi connectivity index (χ0) is 24.6. The van der Waals surface area contributed by atoms with Crippen molar-refractivity contribution in [3.8, 4) is 0 Å². The number of amides is 1. The van der Waals surface area contributed by atoms with Gasteiger partial charge in [0.25, 0.3) is 10.1 Å². The summed E-state index contributed by atoms with van der Waals surface area (Å²) < 4.78 is 60.7. The monoisotopic (exact) mass is 610 g/mol. The Morgan fingerprint density at radius 3 is 2.15 bits per heavy atom. The van der Waals surface area contributed by atoms with Crippen LogP contribution in [0, 0.1) is 3.57 Å². The number of hydrogen-bond acceptors (Lipinski definition) is 8. The second-order valence-corrected chi connectivity index (χ2v) is 11.4. The van der Waals surface area contributed by atoms with Crippen molar-refractivity contribution in [3.63, 3.8) is 0 Å². The zero-order valence-corrected chi connectivity index (χ0v) is 21.6. The first-order valence-electron chi connectivity index (χ1n) is 9.57. The molecule has 2 rings (SSSR count). The van der Waals surface area contributed by atoms with Crippen LogP contribution in [0.4, 0.5) is 5.69 Å². The summed E-state index contributed by atoms with van der Waals surface area (Å²) in [6.07, 6.45) is 0.848. The van der Waals surface area contributed by atoms with Crippen LogP contribution in [0.3, 0.4) is 0 Å². The maximum Gasteiger partial charge on any atom is 0.310 e. The van der Waals surface area contributed by atoms with Crippen LogP contribution in [0.25, 0.3) is 0 Å². The van der Waals surface area contributed by atoms with Crippen LogP contribution in [0.1, 0.15) is 12.5 Å². The SMILES string of the molecule is CCOC(=O)Cc1ccc(NC(=O)[C@H](COS(C)(=O)=O)NS(=O)(=O)c2ccc(I)cc2)cc1. The van der Waals surface area contributed by atoms with E-state index in [2.05, 4.69) is 14.2 Å². The highest BCUT2D eigenvalue weighted by molar-refractivity contribution is 14.1. The average molecular weight is 610 g/mol. The van der Waals surface area contributed by atoms with E-state index in [4.69, 9.17) is 4.74 Å². The Labute approximate surface area is 206 Å². The highest BCUT2D eigenvalue weighted by Crippen LogP contribution is 2.15. The summed E-state index contributed by atoms with van der Waals surface area (Å²) in [4.78, 5) is 24.2. The third kappa shape index (κ3) is 9.37. The average Bonchev–Trinajstić information content (AvgIpc) is 2.72. The summed E-state index contributed by atoms with van der Waals surface area (Å²) in [6.45, 7) is 1.23. The lowest BCUT2D eigenvalue weighted by atomic mass is 10.1. The smallest absolute Gasteiger partial charge is 0.310 e. The first-order valence-corrected chi connectivity index (χ1v) is 13.9. The van der Waals surface area contributed by atoms with Gasteiger partial charge in [-0.25, -0.2) is 8.42 Å². The largest absolute Gasteiger partial charge is 0.466 e. The van der Waals surface area contributed by atoms with E-state index in [9.17, 15) is 26.4 Å². The van der Waals surface area contributed by atoms with Crippen molar-refractivity contribution >= 4 is 60.3 Å². The molecule has 0 aliphatic rings. The van der Waals surface area contributed by atoms with Gasteiger partial charge in [-0.1, -0.05) is 12.1 Å². The number of ether oxygens (including phenoxy) is 1. The van der Waals surface area contributed by atoms with Gasteiger partial charge in [-0.15, -0.1) is 0 Å². The number of hydrogen-bond donors (Lipinski definition) is 2. The van der Waals surface area contributed by atoms with Crippen molar-refractivity contribution in [1.82, 2.24) is 4.72 Å². The van der Waals surface area contributed by atoms with E-state index in [0.29, 0.717) is 11.3 Å². The van der Waals surface area contributed by atoms with E-state index in [1.807, 2.05) is 22.6 Å². The van der Waals surface area contributed by atoms with Gasteiger partial charge in [0, 0.05) is 9.26 Å². The minimum absolute atomic E-state index is 0.0582. The summed E-state index contributed by atoms with van der Waals surface area (Å²) in [5.74, 6) is -1.22. The highest BCUT2D eigenvalue weighted by Gasteiger charge is 2.27. The molecule has 0 aliphatic heterocycles. The van der Waals surface area contributed by atoms with Gasteiger partial charge in [0.2, 0.25) is 15.9 Å². The number of anilines is 1. The molecule has 0 aromatic heterocycles. The molecular weight excluding hydrogens is 587 g/mol. The number of carbonyl (C=O) groups excluding carboxylic acids is 2. The van der Waals surface area contributed by atoms with Crippen molar-refractivity contribution in [2.24, 2.45) is 0 Å². The van der Waals surface area contributed by atoms with Crippen molar-refractivity contribution in [3.05, 3.63) is 57.7 Å². The van der Waals surface area contributed by atoms with Gasteiger partial charge in [0.05, 0.1) is 30.8 Å². The number of carbonyl (C=O) groups is 2. The van der Waals surface area contributed by atoms with Gasteiger partial charge in [0.1, 0.15) is 6.04 Å². The molecule has 33 heavy (non-hydrogen) atoms. The Balaban J connectivity index is 2.16. The van der Waals surface area contributed by atoms with E-state index >= 15 is 0 Å². The van der Waals surface area contributed by atoms with Crippen LogP contribution in [0.15, 0.2) is 53.4 Å². The minimum atomic E-state index is -4.15. The fraction of sp³-hybridized carbons (Fsp3) is 0.300. The number of rotatable bonds is 11. The van der Waals surface area contributed by atoms with Crippen LogP contribution in [0.2, 0.25) is 0 Å². The molecule has 0 fully saturated rings. The molecule has 13 heteroatoms. The molecule has 0 heterocycles. The van der Waals surface area contributed by atoms with Crippen molar-refractivity contribution in [2.75, 3.05) is 24.8 Å². The molecule has 180 valence electrons. The molecule has 2 aromatic rings. The van der Waals surface area contributed by atoms with Crippen LogP contribution < -0.4 is 10.0 Å². The first kappa shape index (κ1) is 27.2. The Morgan fingerprint density at radius 2 is 1.61 bits per heavy atom. The summed E-state index contributed by atoms with van der Waals surface area (Å²) in [5, 5.41) is 2.51. The van der Waals surface area contributed by atoms with Crippen LogP contribution in [0.5, 0.6) is 0 Å². The van der Waals surface area contributed by atoms with Gasteiger partial charge in [-0.2, -0.15) is 13.1 Å². The molecule has 0 saturated heterocycles. The number of esters is 1. The molecular formula is C20H23IN2O8S2.